The van der Waals surface area contributed by atoms with Crippen LogP contribution in [-0.4, -0.2) is 0 Å². The van der Waals surface area contributed by atoms with Crippen LogP contribution in [0.5, 0.6) is 0 Å². The van der Waals surface area contributed by atoms with Crippen LogP contribution in [0.15, 0.2) is 30.3 Å². The molecule has 72 valence electrons. The SMILES string of the molecule is CC(C)[C@H](C)CCc1ccccc1. The molecular weight excluding hydrogens is 156 g/mol. The molecule has 13 heavy (non-hydrogen) atoms. The zero-order chi connectivity index (χ0) is 9.68. The highest BCUT2D eigenvalue weighted by atomic mass is 14.1. The molecule has 0 aliphatic rings. The van der Waals surface area contributed by atoms with Crippen molar-refractivity contribution >= 4 is 0 Å². The number of hydrogen-bond acceptors (Lipinski definition) is 0. The average molecular weight is 176 g/mol. The Morgan fingerprint density at radius 2 is 1.62 bits per heavy atom. The summed E-state index contributed by atoms with van der Waals surface area (Å²) in [6, 6.07) is 10.8. The molecule has 1 atom stereocenters. The fourth-order valence-corrected chi connectivity index (χ4v) is 1.37. The summed E-state index contributed by atoms with van der Waals surface area (Å²) in [7, 11) is 0. The van der Waals surface area contributed by atoms with Gasteiger partial charge in [0, 0.05) is 0 Å². The van der Waals surface area contributed by atoms with Crippen molar-refractivity contribution in [2.24, 2.45) is 11.8 Å². The van der Waals surface area contributed by atoms with Gasteiger partial charge < -0.3 is 0 Å². The van der Waals surface area contributed by atoms with E-state index in [0.29, 0.717) is 0 Å². The van der Waals surface area contributed by atoms with E-state index in [0.717, 1.165) is 11.8 Å². The second-order valence-electron chi connectivity index (χ2n) is 4.25. The summed E-state index contributed by atoms with van der Waals surface area (Å²) in [5, 5.41) is 0. The van der Waals surface area contributed by atoms with E-state index in [4.69, 9.17) is 0 Å². The van der Waals surface area contributed by atoms with Crippen LogP contribution in [-0.2, 0) is 6.42 Å². The number of aryl methyl sites for hydroxylation is 1. The highest BCUT2D eigenvalue weighted by Gasteiger charge is 2.06. The Hall–Kier alpha value is -0.780. The van der Waals surface area contributed by atoms with Gasteiger partial charge in [0.15, 0.2) is 0 Å². The van der Waals surface area contributed by atoms with E-state index < -0.39 is 0 Å². The number of benzene rings is 1. The van der Waals surface area contributed by atoms with Crippen molar-refractivity contribution in [3.63, 3.8) is 0 Å². The zero-order valence-corrected chi connectivity index (χ0v) is 8.96. The Kier molecular flexibility index (Phi) is 4.01. The lowest BCUT2D eigenvalue weighted by atomic mass is 9.91. The lowest BCUT2D eigenvalue weighted by Crippen LogP contribution is -2.04. The van der Waals surface area contributed by atoms with E-state index >= 15 is 0 Å². The monoisotopic (exact) mass is 176 g/mol. The van der Waals surface area contributed by atoms with Gasteiger partial charge in [-0.15, -0.1) is 0 Å². The lowest BCUT2D eigenvalue weighted by molar-refractivity contribution is 0.393. The van der Waals surface area contributed by atoms with E-state index in [1.807, 2.05) is 0 Å². The average Bonchev–Trinajstić information content (AvgIpc) is 2.15. The summed E-state index contributed by atoms with van der Waals surface area (Å²) in [5.74, 6) is 1.64. The van der Waals surface area contributed by atoms with E-state index in [9.17, 15) is 0 Å². The van der Waals surface area contributed by atoms with Crippen molar-refractivity contribution in [1.29, 1.82) is 0 Å². The van der Waals surface area contributed by atoms with Gasteiger partial charge in [-0.1, -0.05) is 51.1 Å². The Bertz CT molecular complexity index is 223. The van der Waals surface area contributed by atoms with Crippen molar-refractivity contribution < 1.29 is 0 Å². The van der Waals surface area contributed by atoms with Gasteiger partial charge in [-0.3, -0.25) is 0 Å². The van der Waals surface area contributed by atoms with Crippen LogP contribution in [0.2, 0.25) is 0 Å². The van der Waals surface area contributed by atoms with Crippen molar-refractivity contribution in [3.8, 4) is 0 Å². The quantitative estimate of drug-likeness (QED) is 0.652. The summed E-state index contributed by atoms with van der Waals surface area (Å²) < 4.78 is 0. The van der Waals surface area contributed by atoms with Crippen LogP contribution in [0.25, 0.3) is 0 Å². The Morgan fingerprint density at radius 1 is 1.00 bits per heavy atom. The number of rotatable bonds is 4. The van der Waals surface area contributed by atoms with E-state index in [-0.39, 0.29) is 0 Å². The molecular formula is C13H20. The highest BCUT2D eigenvalue weighted by Crippen LogP contribution is 2.16. The molecule has 1 aromatic rings. The van der Waals surface area contributed by atoms with E-state index in [1.54, 1.807) is 0 Å². The van der Waals surface area contributed by atoms with Crippen LogP contribution < -0.4 is 0 Å². The molecule has 0 aliphatic heterocycles. The van der Waals surface area contributed by atoms with Crippen molar-refractivity contribution in [1.82, 2.24) is 0 Å². The first-order valence-electron chi connectivity index (χ1n) is 5.24. The molecule has 0 nitrogen and oxygen atoms in total. The molecule has 0 heteroatoms. The predicted octanol–water partition coefficient (Wildman–Crippen LogP) is 3.91. The molecule has 0 spiro atoms. The van der Waals surface area contributed by atoms with Gasteiger partial charge in [-0.25, -0.2) is 0 Å². The van der Waals surface area contributed by atoms with Crippen LogP contribution >= 0.6 is 0 Å². The molecule has 0 bridgehead atoms. The standard InChI is InChI=1S/C13H20/c1-11(2)12(3)9-10-13-7-5-4-6-8-13/h4-8,11-12H,9-10H2,1-3H3/t12-/m1/s1. The summed E-state index contributed by atoms with van der Waals surface area (Å²) >= 11 is 0. The predicted molar refractivity (Wildman–Crippen MR) is 58.8 cm³/mol. The highest BCUT2D eigenvalue weighted by molar-refractivity contribution is 5.14. The van der Waals surface area contributed by atoms with Crippen LogP contribution in [0.3, 0.4) is 0 Å². The first-order chi connectivity index (χ1) is 6.20. The molecule has 0 fully saturated rings. The zero-order valence-electron chi connectivity index (χ0n) is 8.96. The molecule has 1 aromatic carbocycles. The normalized spacial score (nSPS) is 13.2. The van der Waals surface area contributed by atoms with Crippen molar-refractivity contribution in [2.45, 2.75) is 33.6 Å². The summed E-state index contributed by atoms with van der Waals surface area (Å²) in [5.41, 5.74) is 1.47. The largest absolute Gasteiger partial charge is 0.0625 e. The molecule has 0 heterocycles. The molecule has 0 saturated heterocycles. The molecule has 0 aliphatic carbocycles. The molecule has 0 saturated carbocycles. The Morgan fingerprint density at radius 3 is 2.15 bits per heavy atom. The topological polar surface area (TPSA) is 0 Å². The van der Waals surface area contributed by atoms with Gasteiger partial charge in [0.1, 0.15) is 0 Å². The minimum absolute atomic E-state index is 0.809. The van der Waals surface area contributed by atoms with Crippen molar-refractivity contribution in [3.05, 3.63) is 35.9 Å². The molecule has 0 aromatic heterocycles. The molecule has 0 unspecified atom stereocenters. The van der Waals surface area contributed by atoms with Gasteiger partial charge in [0.05, 0.1) is 0 Å². The number of hydrogen-bond donors (Lipinski definition) is 0. The fourth-order valence-electron chi connectivity index (χ4n) is 1.37. The van der Waals surface area contributed by atoms with Gasteiger partial charge in [0.25, 0.3) is 0 Å². The third-order valence-electron chi connectivity index (χ3n) is 2.87. The second kappa shape index (κ2) is 5.06. The molecule has 1 rings (SSSR count). The summed E-state index contributed by atoms with van der Waals surface area (Å²) in [4.78, 5) is 0. The van der Waals surface area contributed by atoms with Crippen LogP contribution in [0.4, 0.5) is 0 Å². The third kappa shape index (κ3) is 3.63. The summed E-state index contributed by atoms with van der Waals surface area (Å²) in [6.07, 6.45) is 2.53. The minimum atomic E-state index is 0.809. The minimum Gasteiger partial charge on any atom is -0.0625 e. The lowest BCUT2D eigenvalue weighted by Gasteiger charge is -2.14. The smallest absolute Gasteiger partial charge is 0.0276 e. The van der Waals surface area contributed by atoms with Crippen LogP contribution in [0, 0.1) is 11.8 Å². The van der Waals surface area contributed by atoms with E-state index in [2.05, 4.69) is 51.1 Å². The second-order valence-corrected chi connectivity index (χ2v) is 4.25. The maximum atomic E-state index is 2.34. The maximum absolute atomic E-state index is 2.34. The van der Waals surface area contributed by atoms with Gasteiger partial charge in [-0.05, 0) is 30.2 Å². The fraction of sp³-hybridized carbons (Fsp3) is 0.538. The van der Waals surface area contributed by atoms with Gasteiger partial charge in [-0.2, -0.15) is 0 Å². The van der Waals surface area contributed by atoms with Crippen LogP contribution in [0.1, 0.15) is 32.8 Å². The van der Waals surface area contributed by atoms with Gasteiger partial charge in [0.2, 0.25) is 0 Å². The summed E-state index contributed by atoms with van der Waals surface area (Å²) in [6.45, 7) is 6.94. The third-order valence-corrected chi connectivity index (χ3v) is 2.87. The molecule has 0 amide bonds. The maximum Gasteiger partial charge on any atom is -0.0276 e. The first kappa shape index (κ1) is 10.3. The van der Waals surface area contributed by atoms with Gasteiger partial charge >= 0.3 is 0 Å². The Balaban J connectivity index is 2.35. The molecule has 0 N–H and O–H groups in total. The Labute approximate surface area is 82.0 Å². The first-order valence-corrected chi connectivity index (χ1v) is 5.24. The van der Waals surface area contributed by atoms with Crippen molar-refractivity contribution in [2.75, 3.05) is 0 Å². The van der Waals surface area contributed by atoms with E-state index in [1.165, 1.54) is 18.4 Å². The molecule has 0 radical (unpaired) electrons.